The lowest BCUT2D eigenvalue weighted by atomic mass is 10.1. The predicted molar refractivity (Wildman–Crippen MR) is 108 cm³/mol. The maximum Gasteiger partial charge on any atom is 0.0462 e. The Balaban J connectivity index is 1.98. The SMILES string of the molecule is CCCc1ccc(N(c2cc[c]cc2)c2ccc(CCC)cc2)cc1. The van der Waals surface area contributed by atoms with E-state index in [2.05, 4.69) is 85.5 Å². The minimum Gasteiger partial charge on any atom is -0.311 e. The average molecular weight is 328 g/mol. The maximum absolute atomic E-state index is 3.12. The highest BCUT2D eigenvalue weighted by Crippen LogP contribution is 2.34. The van der Waals surface area contributed by atoms with Crippen molar-refractivity contribution in [1.29, 1.82) is 0 Å². The molecule has 0 aliphatic heterocycles. The van der Waals surface area contributed by atoms with Crippen LogP contribution in [0.4, 0.5) is 17.1 Å². The van der Waals surface area contributed by atoms with E-state index in [0.717, 1.165) is 18.5 Å². The van der Waals surface area contributed by atoms with Crippen molar-refractivity contribution in [2.24, 2.45) is 0 Å². The van der Waals surface area contributed by atoms with Crippen LogP contribution in [0.2, 0.25) is 0 Å². The van der Waals surface area contributed by atoms with Gasteiger partial charge in [0.15, 0.2) is 0 Å². The Morgan fingerprint density at radius 2 is 1.00 bits per heavy atom. The highest BCUT2D eigenvalue weighted by atomic mass is 15.1. The first kappa shape index (κ1) is 17.3. The molecule has 0 saturated carbocycles. The molecule has 1 nitrogen and oxygen atoms in total. The largest absolute Gasteiger partial charge is 0.311 e. The Labute approximate surface area is 151 Å². The number of benzene rings is 3. The van der Waals surface area contributed by atoms with Gasteiger partial charge in [-0.25, -0.2) is 0 Å². The Morgan fingerprint density at radius 3 is 1.40 bits per heavy atom. The zero-order chi connectivity index (χ0) is 17.5. The summed E-state index contributed by atoms with van der Waals surface area (Å²) in [6, 6.07) is 29.1. The molecular formula is C24H26N. The van der Waals surface area contributed by atoms with Gasteiger partial charge in [-0.3, -0.25) is 0 Å². The van der Waals surface area contributed by atoms with Gasteiger partial charge in [-0.05, 0) is 66.4 Å². The first-order chi connectivity index (χ1) is 12.3. The van der Waals surface area contributed by atoms with Crippen molar-refractivity contribution in [3.05, 3.63) is 90.0 Å². The summed E-state index contributed by atoms with van der Waals surface area (Å²) < 4.78 is 0. The van der Waals surface area contributed by atoms with E-state index in [-0.39, 0.29) is 0 Å². The normalized spacial score (nSPS) is 10.6. The molecule has 0 unspecified atom stereocenters. The van der Waals surface area contributed by atoms with Crippen LogP contribution in [0, 0.1) is 6.07 Å². The van der Waals surface area contributed by atoms with Crippen molar-refractivity contribution < 1.29 is 0 Å². The van der Waals surface area contributed by atoms with E-state index < -0.39 is 0 Å². The van der Waals surface area contributed by atoms with Gasteiger partial charge in [-0.2, -0.15) is 0 Å². The number of nitrogens with zero attached hydrogens (tertiary/aromatic N) is 1. The van der Waals surface area contributed by atoms with Crippen LogP contribution in [-0.4, -0.2) is 0 Å². The monoisotopic (exact) mass is 328 g/mol. The van der Waals surface area contributed by atoms with Gasteiger partial charge in [0.1, 0.15) is 0 Å². The molecule has 3 rings (SSSR count). The second-order valence-corrected chi connectivity index (χ2v) is 6.43. The third kappa shape index (κ3) is 4.30. The maximum atomic E-state index is 3.12. The van der Waals surface area contributed by atoms with E-state index >= 15 is 0 Å². The van der Waals surface area contributed by atoms with Crippen molar-refractivity contribution in [3.63, 3.8) is 0 Å². The number of anilines is 3. The molecule has 1 radical (unpaired) electrons. The van der Waals surface area contributed by atoms with Crippen LogP contribution in [0.15, 0.2) is 72.8 Å². The van der Waals surface area contributed by atoms with Gasteiger partial charge in [0.25, 0.3) is 0 Å². The molecule has 0 fully saturated rings. The Hall–Kier alpha value is -2.54. The fourth-order valence-corrected chi connectivity index (χ4v) is 3.18. The number of hydrogen-bond donors (Lipinski definition) is 0. The third-order valence-corrected chi connectivity index (χ3v) is 4.43. The molecular weight excluding hydrogens is 302 g/mol. The van der Waals surface area contributed by atoms with Crippen molar-refractivity contribution in [2.45, 2.75) is 39.5 Å². The van der Waals surface area contributed by atoms with Gasteiger partial charge in [0.2, 0.25) is 0 Å². The molecule has 0 heterocycles. The summed E-state index contributed by atoms with van der Waals surface area (Å²) in [5.74, 6) is 0. The standard InChI is InChI=1S/C24H26N/c1-3-8-20-12-16-23(17-13-20)25(22-10-6-5-7-11-22)24-18-14-21(9-4-2)15-19-24/h6-7,10-19H,3-4,8-9H2,1-2H3. The molecule has 127 valence electrons. The van der Waals surface area contributed by atoms with E-state index in [1.807, 2.05) is 12.1 Å². The minimum absolute atomic E-state index is 1.13. The minimum atomic E-state index is 1.13. The molecule has 0 aromatic heterocycles. The molecule has 0 aliphatic carbocycles. The van der Waals surface area contributed by atoms with Crippen LogP contribution in [0.25, 0.3) is 0 Å². The lowest BCUT2D eigenvalue weighted by Gasteiger charge is -2.25. The molecule has 0 spiro atoms. The molecule has 0 aliphatic rings. The van der Waals surface area contributed by atoms with E-state index in [1.165, 1.54) is 35.3 Å². The molecule has 0 atom stereocenters. The zero-order valence-corrected chi connectivity index (χ0v) is 15.2. The molecule has 0 bridgehead atoms. The molecule has 0 saturated heterocycles. The fraction of sp³-hybridized carbons (Fsp3) is 0.250. The lowest BCUT2D eigenvalue weighted by Crippen LogP contribution is -2.09. The summed E-state index contributed by atoms with van der Waals surface area (Å²) in [7, 11) is 0. The van der Waals surface area contributed by atoms with Gasteiger partial charge < -0.3 is 4.90 Å². The van der Waals surface area contributed by atoms with Gasteiger partial charge in [0, 0.05) is 17.1 Å². The van der Waals surface area contributed by atoms with Crippen molar-refractivity contribution in [2.75, 3.05) is 4.90 Å². The number of rotatable bonds is 7. The van der Waals surface area contributed by atoms with Crippen LogP contribution in [0.5, 0.6) is 0 Å². The molecule has 1 heteroatoms. The van der Waals surface area contributed by atoms with Crippen LogP contribution in [0.1, 0.15) is 37.8 Å². The van der Waals surface area contributed by atoms with Gasteiger partial charge >= 0.3 is 0 Å². The molecule has 0 N–H and O–H groups in total. The highest BCUT2D eigenvalue weighted by Gasteiger charge is 2.12. The van der Waals surface area contributed by atoms with Crippen molar-refractivity contribution in [1.82, 2.24) is 0 Å². The van der Waals surface area contributed by atoms with Crippen LogP contribution in [-0.2, 0) is 12.8 Å². The topological polar surface area (TPSA) is 3.24 Å². The smallest absolute Gasteiger partial charge is 0.0462 e. The van der Waals surface area contributed by atoms with E-state index in [0.29, 0.717) is 0 Å². The summed E-state index contributed by atoms with van der Waals surface area (Å²) in [6.45, 7) is 4.44. The summed E-state index contributed by atoms with van der Waals surface area (Å²) in [4.78, 5) is 2.30. The molecule has 0 amide bonds. The Kier molecular flexibility index (Phi) is 5.90. The fourth-order valence-electron chi connectivity index (χ4n) is 3.18. The van der Waals surface area contributed by atoms with Crippen LogP contribution in [0.3, 0.4) is 0 Å². The van der Waals surface area contributed by atoms with E-state index in [1.54, 1.807) is 0 Å². The predicted octanol–water partition coefficient (Wildman–Crippen LogP) is 6.86. The Bertz CT molecular complexity index is 708. The summed E-state index contributed by atoms with van der Waals surface area (Å²) in [5, 5.41) is 0. The average Bonchev–Trinajstić information content (AvgIpc) is 2.66. The highest BCUT2D eigenvalue weighted by molar-refractivity contribution is 5.76. The van der Waals surface area contributed by atoms with Crippen LogP contribution < -0.4 is 4.90 Å². The summed E-state index contributed by atoms with van der Waals surface area (Å²) in [5.41, 5.74) is 6.32. The molecule has 25 heavy (non-hydrogen) atoms. The quantitative estimate of drug-likeness (QED) is 0.458. The van der Waals surface area contributed by atoms with Crippen molar-refractivity contribution in [3.8, 4) is 0 Å². The van der Waals surface area contributed by atoms with E-state index in [4.69, 9.17) is 0 Å². The second kappa shape index (κ2) is 8.53. The molecule has 3 aromatic carbocycles. The number of aryl methyl sites for hydroxylation is 2. The van der Waals surface area contributed by atoms with E-state index in [9.17, 15) is 0 Å². The third-order valence-electron chi connectivity index (χ3n) is 4.43. The van der Waals surface area contributed by atoms with Crippen molar-refractivity contribution >= 4 is 17.1 Å². The lowest BCUT2D eigenvalue weighted by molar-refractivity contribution is 0.921. The first-order valence-electron chi connectivity index (χ1n) is 9.26. The number of hydrogen-bond acceptors (Lipinski definition) is 1. The zero-order valence-electron chi connectivity index (χ0n) is 15.2. The first-order valence-corrected chi connectivity index (χ1v) is 9.26. The summed E-state index contributed by atoms with van der Waals surface area (Å²) in [6.07, 6.45) is 4.62. The van der Waals surface area contributed by atoms with Gasteiger partial charge in [-0.15, -0.1) is 0 Å². The van der Waals surface area contributed by atoms with Crippen LogP contribution >= 0.6 is 0 Å². The summed E-state index contributed by atoms with van der Waals surface area (Å²) >= 11 is 0. The Morgan fingerprint density at radius 1 is 0.600 bits per heavy atom. The van der Waals surface area contributed by atoms with Gasteiger partial charge in [0.05, 0.1) is 0 Å². The second-order valence-electron chi connectivity index (χ2n) is 6.43. The molecule has 3 aromatic rings. The van der Waals surface area contributed by atoms with Gasteiger partial charge in [-0.1, -0.05) is 63.1 Å².